The summed E-state index contributed by atoms with van der Waals surface area (Å²) in [5.74, 6) is 1.79. The van der Waals surface area contributed by atoms with Crippen molar-refractivity contribution >= 4 is 0 Å². The third-order valence-corrected chi connectivity index (χ3v) is 2.89. The van der Waals surface area contributed by atoms with Crippen molar-refractivity contribution in [2.75, 3.05) is 41.0 Å². The van der Waals surface area contributed by atoms with Gasteiger partial charge < -0.3 is 24.6 Å². The standard InChI is InChI=1S/C14H22NO5/c1-18-12-6-10(4-5-15-8-11(17)9-16)7-13(19-2)14(12)20-3/h6-7,11,15,17H,4-5,8-9H2,1-3H3. The molecular weight excluding hydrogens is 262 g/mol. The van der Waals surface area contributed by atoms with Crippen molar-refractivity contribution in [1.29, 1.82) is 0 Å². The van der Waals surface area contributed by atoms with Crippen LogP contribution in [0.15, 0.2) is 12.1 Å². The van der Waals surface area contributed by atoms with Crippen molar-refractivity contribution in [2.45, 2.75) is 12.5 Å². The Kier molecular flexibility index (Phi) is 7.14. The topological polar surface area (TPSA) is 79.8 Å². The van der Waals surface area contributed by atoms with Gasteiger partial charge in [0, 0.05) is 6.54 Å². The van der Waals surface area contributed by atoms with E-state index in [1.54, 1.807) is 21.3 Å². The summed E-state index contributed by atoms with van der Waals surface area (Å²) in [6.07, 6.45) is -0.114. The second-order valence-electron chi connectivity index (χ2n) is 4.31. The van der Waals surface area contributed by atoms with Crippen LogP contribution in [0.3, 0.4) is 0 Å². The molecule has 0 saturated heterocycles. The van der Waals surface area contributed by atoms with Crippen LogP contribution in [0.1, 0.15) is 5.56 Å². The maximum atomic E-state index is 10.4. The van der Waals surface area contributed by atoms with Crippen LogP contribution in [0.2, 0.25) is 0 Å². The van der Waals surface area contributed by atoms with Gasteiger partial charge in [0.1, 0.15) is 6.61 Å². The van der Waals surface area contributed by atoms with E-state index in [9.17, 15) is 5.11 Å². The summed E-state index contributed by atoms with van der Waals surface area (Å²) in [6.45, 7) is 0.459. The number of aliphatic hydroxyl groups is 1. The minimum Gasteiger partial charge on any atom is -0.493 e. The Balaban J connectivity index is 2.66. The molecule has 113 valence electrons. The van der Waals surface area contributed by atoms with Gasteiger partial charge in [-0.25, -0.2) is 5.11 Å². The van der Waals surface area contributed by atoms with Crippen LogP contribution in [0, 0.1) is 0 Å². The van der Waals surface area contributed by atoms with Gasteiger partial charge in [-0.1, -0.05) is 0 Å². The fraction of sp³-hybridized carbons (Fsp3) is 0.571. The van der Waals surface area contributed by atoms with Crippen molar-refractivity contribution < 1.29 is 24.4 Å². The van der Waals surface area contributed by atoms with E-state index in [2.05, 4.69) is 5.32 Å². The lowest BCUT2D eigenvalue weighted by atomic mass is 10.1. The molecule has 0 aliphatic carbocycles. The first kappa shape index (κ1) is 16.6. The monoisotopic (exact) mass is 284 g/mol. The molecule has 1 radical (unpaired) electrons. The smallest absolute Gasteiger partial charge is 0.203 e. The molecule has 0 heterocycles. The first-order valence-corrected chi connectivity index (χ1v) is 6.42. The molecule has 1 aromatic carbocycles. The van der Waals surface area contributed by atoms with Gasteiger partial charge in [0.05, 0.1) is 27.4 Å². The fourth-order valence-corrected chi connectivity index (χ4v) is 1.84. The van der Waals surface area contributed by atoms with E-state index in [-0.39, 0.29) is 0 Å². The van der Waals surface area contributed by atoms with Gasteiger partial charge in [-0.2, -0.15) is 0 Å². The number of hydrogen-bond acceptors (Lipinski definition) is 5. The second kappa shape index (κ2) is 8.63. The Morgan fingerprint density at radius 2 is 1.75 bits per heavy atom. The molecule has 0 spiro atoms. The molecule has 0 aromatic heterocycles. The van der Waals surface area contributed by atoms with Gasteiger partial charge in [0.25, 0.3) is 0 Å². The third kappa shape index (κ3) is 4.56. The molecule has 6 heteroatoms. The quantitative estimate of drug-likeness (QED) is 0.650. The highest BCUT2D eigenvalue weighted by molar-refractivity contribution is 5.53. The lowest BCUT2D eigenvalue weighted by Gasteiger charge is -2.14. The largest absolute Gasteiger partial charge is 0.493 e. The summed E-state index contributed by atoms with van der Waals surface area (Å²) in [7, 11) is 4.71. The van der Waals surface area contributed by atoms with E-state index in [4.69, 9.17) is 19.3 Å². The number of nitrogens with one attached hydrogen (secondary N) is 1. The molecule has 1 atom stereocenters. The van der Waals surface area contributed by atoms with Crippen LogP contribution >= 0.6 is 0 Å². The van der Waals surface area contributed by atoms with Gasteiger partial charge in [-0.15, -0.1) is 0 Å². The van der Waals surface area contributed by atoms with Crippen LogP contribution in [0.25, 0.3) is 0 Å². The van der Waals surface area contributed by atoms with Crippen molar-refractivity contribution in [3.63, 3.8) is 0 Å². The first-order valence-electron chi connectivity index (χ1n) is 6.42. The minimum atomic E-state index is -0.838. The van der Waals surface area contributed by atoms with Gasteiger partial charge in [-0.05, 0) is 30.7 Å². The lowest BCUT2D eigenvalue weighted by Crippen LogP contribution is -2.30. The number of ether oxygens (including phenoxy) is 3. The molecule has 0 bridgehead atoms. The van der Waals surface area contributed by atoms with Crippen LogP contribution in [0.4, 0.5) is 0 Å². The Morgan fingerprint density at radius 1 is 1.15 bits per heavy atom. The highest BCUT2D eigenvalue weighted by atomic mass is 16.5. The van der Waals surface area contributed by atoms with Gasteiger partial charge in [0.15, 0.2) is 11.5 Å². The Morgan fingerprint density at radius 3 is 2.20 bits per heavy atom. The van der Waals surface area contributed by atoms with Crippen molar-refractivity contribution in [3.8, 4) is 17.2 Å². The fourth-order valence-electron chi connectivity index (χ4n) is 1.84. The molecule has 1 aromatic rings. The number of aliphatic hydroxyl groups excluding tert-OH is 1. The molecule has 0 aliphatic heterocycles. The Bertz CT molecular complexity index is 386. The third-order valence-electron chi connectivity index (χ3n) is 2.89. The van der Waals surface area contributed by atoms with Gasteiger partial charge in [-0.3, -0.25) is 0 Å². The lowest BCUT2D eigenvalue weighted by molar-refractivity contribution is 0.0557. The highest BCUT2D eigenvalue weighted by Crippen LogP contribution is 2.38. The number of rotatable bonds is 9. The molecule has 1 unspecified atom stereocenters. The maximum Gasteiger partial charge on any atom is 0.203 e. The predicted octanol–water partition coefficient (Wildman–Crippen LogP) is 0.636. The molecule has 2 N–H and O–H groups in total. The zero-order chi connectivity index (χ0) is 15.0. The van der Waals surface area contributed by atoms with Crippen molar-refractivity contribution in [2.24, 2.45) is 0 Å². The zero-order valence-electron chi connectivity index (χ0n) is 12.1. The summed E-state index contributed by atoms with van der Waals surface area (Å²) >= 11 is 0. The predicted molar refractivity (Wildman–Crippen MR) is 74.2 cm³/mol. The molecule has 0 fully saturated rings. The van der Waals surface area contributed by atoms with E-state index < -0.39 is 12.7 Å². The summed E-state index contributed by atoms with van der Waals surface area (Å²) in [6, 6.07) is 3.76. The molecule has 6 nitrogen and oxygen atoms in total. The van der Waals surface area contributed by atoms with Crippen LogP contribution < -0.4 is 19.5 Å². The van der Waals surface area contributed by atoms with E-state index >= 15 is 0 Å². The SMILES string of the molecule is COc1cc(CCNCC(O)C[O])cc(OC)c1OC. The highest BCUT2D eigenvalue weighted by Gasteiger charge is 2.12. The van der Waals surface area contributed by atoms with E-state index in [0.717, 1.165) is 12.0 Å². The number of hydrogen-bond donors (Lipinski definition) is 2. The van der Waals surface area contributed by atoms with Crippen LogP contribution in [-0.2, 0) is 11.5 Å². The molecule has 1 rings (SSSR count). The minimum absolute atomic E-state index is 0.300. The Hall–Kier alpha value is -1.50. The summed E-state index contributed by atoms with van der Waals surface area (Å²) in [4.78, 5) is 0. The second-order valence-corrected chi connectivity index (χ2v) is 4.31. The maximum absolute atomic E-state index is 10.4. The van der Waals surface area contributed by atoms with Crippen LogP contribution in [-0.4, -0.2) is 52.2 Å². The zero-order valence-corrected chi connectivity index (χ0v) is 12.1. The molecule has 0 amide bonds. The average Bonchev–Trinajstić information content (AvgIpc) is 2.49. The van der Waals surface area contributed by atoms with Crippen molar-refractivity contribution in [1.82, 2.24) is 5.32 Å². The average molecular weight is 284 g/mol. The van der Waals surface area contributed by atoms with E-state index in [1.807, 2.05) is 12.1 Å². The first-order chi connectivity index (χ1) is 9.65. The Labute approximate surface area is 119 Å². The van der Waals surface area contributed by atoms with Gasteiger partial charge >= 0.3 is 0 Å². The molecule has 0 aliphatic rings. The molecule has 0 saturated carbocycles. The van der Waals surface area contributed by atoms with E-state index in [0.29, 0.717) is 30.3 Å². The molecular formula is C14H22NO5. The summed E-state index contributed by atoms with van der Waals surface area (Å²) in [5.41, 5.74) is 1.02. The van der Waals surface area contributed by atoms with Crippen molar-refractivity contribution in [3.05, 3.63) is 17.7 Å². The summed E-state index contributed by atoms with van der Waals surface area (Å²) in [5, 5.41) is 22.6. The molecule has 20 heavy (non-hydrogen) atoms. The number of methoxy groups -OCH3 is 3. The number of benzene rings is 1. The van der Waals surface area contributed by atoms with Gasteiger partial charge in [0.2, 0.25) is 5.75 Å². The summed E-state index contributed by atoms with van der Waals surface area (Å²) < 4.78 is 15.8. The normalized spacial score (nSPS) is 12.1. The van der Waals surface area contributed by atoms with Crippen LogP contribution in [0.5, 0.6) is 17.2 Å². The van der Waals surface area contributed by atoms with E-state index in [1.165, 1.54) is 0 Å².